The number of sulfone groups is 1. The Morgan fingerprint density at radius 1 is 1.09 bits per heavy atom. The number of nitrogens with zero attached hydrogens (tertiary/aromatic N) is 5. The highest BCUT2D eigenvalue weighted by molar-refractivity contribution is 7.91. The van der Waals surface area contributed by atoms with Crippen molar-refractivity contribution >= 4 is 33.2 Å². The highest BCUT2D eigenvalue weighted by Crippen LogP contribution is 2.36. The van der Waals surface area contributed by atoms with Gasteiger partial charge in [-0.1, -0.05) is 0 Å². The average Bonchev–Trinajstić information content (AvgIpc) is 3.42. The van der Waals surface area contributed by atoms with Crippen molar-refractivity contribution in [2.24, 2.45) is 0 Å². The molecule has 1 unspecified atom stereocenters. The van der Waals surface area contributed by atoms with E-state index in [1.54, 1.807) is 12.1 Å². The summed E-state index contributed by atoms with van der Waals surface area (Å²) in [4.78, 5) is 20.2. The number of benzene rings is 1. The lowest BCUT2D eigenvalue weighted by molar-refractivity contribution is 0.216. The highest BCUT2D eigenvalue weighted by Gasteiger charge is 2.30. The second-order valence-corrected chi connectivity index (χ2v) is 10.5. The Labute approximate surface area is 188 Å². The summed E-state index contributed by atoms with van der Waals surface area (Å²) in [5, 5.41) is 7.34. The SMILES string of the molecule is O=C(Nc1cnc2ccc(N3CCCC3c3cc(F)ccc3F)nn12)N1CCS(=O)(=O)CC1. The van der Waals surface area contributed by atoms with E-state index in [9.17, 15) is 22.0 Å². The largest absolute Gasteiger partial charge is 0.348 e. The van der Waals surface area contributed by atoms with Gasteiger partial charge in [0.1, 0.15) is 17.5 Å². The summed E-state index contributed by atoms with van der Waals surface area (Å²) in [7, 11) is -3.10. The molecule has 2 aliphatic heterocycles. The number of carbonyl (C=O) groups excluding carboxylic acids is 1. The number of amides is 2. The van der Waals surface area contributed by atoms with Crippen LogP contribution in [0.15, 0.2) is 36.5 Å². The summed E-state index contributed by atoms with van der Waals surface area (Å²) < 4.78 is 52.9. The van der Waals surface area contributed by atoms with E-state index in [-0.39, 0.29) is 36.2 Å². The second kappa shape index (κ2) is 8.25. The quantitative estimate of drug-likeness (QED) is 0.624. The van der Waals surface area contributed by atoms with Gasteiger partial charge in [-0.05, 0) is 43.2 Å². The topological polar surface area (TPSA) is 99.9 Å². The monoisotopic (exact) mass is 476 g/mol. The molecule has 0 radical (unpaired) electrons. The molecule has 0 bridgehead atoms. The van der Waals surface area contributed by atoms with Crippen LogP contribution < -0.4 is 10.2 Å². The van der Waals surface area contributed by atoms with Crippen LogP contribution in [0.2, 0.25) is 0 Å². The van der Waals surface area contributed by atoms with Crippen molar-refractivity contribution in [3.63, 3.8) is 0 Å². The highest BCUT2D eigenvalue weighted by atomic mass is 32.2. The first-order valence-corrected chi connectivity index (χ1v) is 12.5. The van der Waals surface area contributed by atoms with Gasteiger partial charge in [-0.15, -0.1) is 5.10 Å². The lowest BCUT2D eigenvalue weighted by Crippen LogP contribution is -2.45. The number of urea groups is 1. The fourth-order valence-corrected chi connectivity index (χ4v) is 5.54. The fraction of sp³-hybridized carbons (Fsp3) is 0.381. The van der Waals surface area contributed by atoms with E-state index in [1.165, 1.54) is 21.7 Å². The first-order chi connectivity index (χ1) is 15.8. The van der Waals surface area contributed by atoms with Crippen molar-refractivity contribution in [3.8, 4) is 0 Å². The van der Waals surface area contributed by atoms with Gasteiger partial charge in [-0.25, -0.2) is 27.0 Å². The Kier molecular flexibility index (Phi) is 5.39. The Morgan fingerprint density at radius 3 is 2.67 bits per heavy atom. The third-order valence-electron chi connectivity index (χ3n) is 6.08. The lowest BCUT2D eigenvalue weighted by atomic mass is 10.0. The minimum atomic E-state index is -3.10. The normalized spacial score (nSPS) is 20.4. The summed E-state index contributed by atoms with van der Waals surface area (Å²) in [5.74, 6) is -0.212. The maximum absolute atomic E-state index is 14.4. The average molecular weight is 477 g/mol. The second-order valence-electron chi connectivity index (χ2n) is 8.19. The molecular weight excluding hydrogens is 454 g/mol. The Morgan fingerprint density at radius 2 is 1.88 bits per heavy atom. The molecule has 0 aliphatic carbocycles. The summed E-state index contributed by atoms with van der Waals surface area (Å²) >= 11 is 0. The summed E-state index contributed by atoms with van der Waals surface area (Å²) in [6.45, 7) is 0.869. The number of nitrogens with one attached hydrogen (secondary N) is 1. The molecule has 1 aromatic carbocycles. The van der Waals surface area contributed by atoms with E-state index >= 15 is 0 Å². The molecule has 2 aliphatic rings. The molecule has 2 amide bonds. The predicted molar refractivity (Wildman–Crippen MR) is 118 cm³/mol. The lowest BCUT2D eigenvalue weighted by Gasteiger charge is -2.27. The van der Waals surface area contributed by atoms with E-state index in [2.05, 4.69) is 15.4 Å². The standard InChI is InChI=1S/C21H22F2N6O3S/c22-14-3-4-16(23)15(12-14)17-2-1-7-28(17)19-6-5-18-24-13-20(29(18)26-19)25-21(30)27-8-10-33(31,32)11-9-27/h3-6,12-13,17H,1-2,7-11H2,(H,25,30). The van der Waals surface area contributed by atoms with Crippen LogP contribution in [0.1, 0.15) is 24.4 Å². The summed E-state index contributed by atoms with van der Waals surface area (Å²) in [6.07, 6.45) is 2.93. The van der Waals surface area contributed by atoms with Crippen LogP contribution in [0.5, 0.6) is 0 Å². The first-order valence-electron chi connectivity index (χ1n) is 10.6. The number of anilines is 2. The van der Waals surface area contributed by atoms with Crippen LogP contribution in [0, 0.1) is 11.6 Å². The van der Waals surface area contributed by atoms with Gasteiger partial charge in [0.25, 0.3) is 0 Å². The van der Waals surface area contributed by atoms with Gasteiger partial charge >= 0.3 is 6.03 Å². The van der Waals surface area contributed by atoms with Crippen molar-refractivity contribution in [2.45, 2.75) is 18.9 Å². The van der Waals surface area contributed by atoms with Crippen LogP contribution in [0.4, 0.5) is 25.2 Å². The van der Waals surface area contributed by atoms with Crippen molar-refractivity contribution in [3.05, 3.63) is 53.7 Å². The number of hydrogen-bond acceptors (Lipinski definition) is 6. The van der Waals surface area contributed by atoms with Crippen LogP contribution in [0.3, 0.4) is 0 Å². The Hall–Kier alpha value is -3.28. The number of fused-ring (bicyclic) bond motifs is 1. The van der Waals surface area contributed by atoms with E-state index < -0.39 is 27.5 Å². The summed E-state index contributed by atoms with van der Waals surface area (Å²) in [6, 6.07) is 6.16. The maximum atomic E-state index is 14.4. The number of hydrogen-bond donors (Lipinski definition) is 1. The van der Waals surface area contributed by atoms with Crippen molar-refractivity contribution in [2.75, 3.05) is 41.4 Å². The van der Waals surface area contributed by atoms with E-state index in [1.807, 2.05) is 4.90 Å². The van der Waals surface area contributed by atoms with Gasteiger partial charge in [0.05, 0.1) is 23.7 Å². The third-order valence-corrected chi connectivity index (χ3v) is 7.69. The molecule has 12 heteroatoms. The van der Waals surface area contributed by atoms with E-state index in [0.717, 1.165) is 18.6 Å². The first kappa shape index (κ1) is 21.6. The van der Waals surface area contributed by atoms with Crippen LogP contribution in [-0.2, 0) is 9.84 Å². The molecule has 0 saturated carbocycles. The zero-order chi connectivity index (χ0) is 23.2. The van der Waals surface area contributed by atoms with Gasteiger partial charge in [0.15, 0.2) is 21.3 Å². The zero-order valence-corrected chi connectivity index (χ0v) is 18.4. The van der Waals surface area contributed by atoms with Gasteiger partial charge in [-0.3, -0.25) is 5.32 Å². The molecule has 33 heavy (non-hydrogen) atoms. The molecule has 5 rings (SSSR count). The number of imidazole rings is 1. The molecular formula is C21H22F2N6O3S. The predicted octanol–water partition coefficient (Wildman–Crippen LogP) is 2.61. The molecule has 174 valence electrons. The molecule has 0 spiro atoms. The number of aromatic nitrogens is 3. The maximum Gasteiger partial charge on any atom is 0.323 e. The number of carbonyl (C=O) groups is 1. The molecule has 1 N–H and O–H groups in total. The molecule has 1 atom stereocenters. The van der Waals surface area contributed by atoms with Gasteiger partial charge < -0.3 is 9.80 Å². The van der Waals surface area contributed by atoms with Gasteiger partial charge in [0, 0.05) is 25.2 Å². The Balaban J connectivity index is 1.40. The zero-order valence-electron chi connectivity index (χ0n) is 17.6. The van der Waals surface area contributed by atoms with Gasteiger partial charge in [-0.2, -0.15) is 4.52 Å². The van der Waals surface area contributed by atoms with Crippen molar-refractivity contribution in [1.82, 2.24) is 19.5 Å². The van der Waals surface area contributed by atoms with Crippen molar-refractivity contribution in [1.29, 1.82) is 0 Å². The van der Waals surface area contributed by atoms with Crippen LogP contribution in [0.25, 0.3) is 5.65 Å². The molecule has 2 aromatic heterocycles. The molecule has 9 nitrogen and oxygen atoms in total. The molecule has 2 fully saturated rings. The molecule has 3 aromatic rings. The number of rotatable bonds is 3. The van der Waals surface area contributed by atoms with Crippen molar-refractivity contribution < 1.29 is 22.0 Å². The number of halogens is 2. The third kappa shape index (κ3) is 4.22. The smallest absolute Gasteiger partial charge is 0.323 e. The van der Waals surface area contributed by atoms with E-state index in [0.29, 0.717) is 30.2 Å². The minimum absolute atomic E-state index is 0.0665. The fourth-order valence-electron chi connectivity index (χ4n) is 4.34. The van der Waals surface area contributed by atoms with E-state index in [4.69, 9.17) is 0 Å². The van der Waals surface area contributed by atoms with Crippen LogP contribution in [-0.4, -0.2) is 65.1 Å². The Bertz CT molecular complexity index is 1310. The van der Waals surface area contributed by atoms with Crippen LogP contribution >= 0.6 is 0 Å². The minimum Gasteiger partial charge on any atom is -0.348 e. The summed E-state index contributed by atoms with van der Waals surface area (Å²) in [5.41, 5.74) is 0.788. The molecule has 4 heterocycles. The van der Waals surface area contributed by atoms with Gasteiger partial charge in [0.2, 0.25) is 0 Å². The molecule has 2 saturated heterocycles.